The van der Waals surface area contributed by atoms with E-state index >= 15 is 0 Å². The van der Waals surface area contributed by atoms with Gasteiger partial charge in [-0.1, -0.05) is 32.0 Å². The third-order valence-corrected chi connectivity index (χ3v) is 8.71. The monoisotopic (exact) mass is 581 g/mol. The molecule has 1 aliphatic heterocycles. The average Bonchev–Trinajstić information content (AvgIpc) is 3.06. The molecule has 2 amide bonds. The molecule has 1 aromatic carbocycles. The Morgan fingerprint density at radius 1 is 1.07 bits per heavy atom. The topological polar surface area (TPSA) is 129 Å². The fraction of sp³-hybridized carbons (Fsp3) is 0.406. The van der Waals surface area contributed by atoms with Crippen molar-refractivity contribution in [3.8, 4) is 11.3 Å². The standard InChI is InChI=1S/C32H39N9O2/c1-6-32(3,26-9-7-8-24-25(30(43)33-4)10-13-34-29(24)26)19-37-28-16-27(38-20-39-28)22-17-35-31(36-18-22)40(5)23-11-14-41(15-12-23)21(2)42/h7-10,13,16-18,20,23H,6,11-12,14-15,19H2,1-5H3,(H,33,43)(H,37,38,39)/t32-/m0/s1. The third kappa shape index (κ3) is 6.25. The summed E-state index contributed by atoms with van der Waals surface area (Å²) in [4.78, 5) is 51.0. The van der Waals surface area contributed by atoms with Crippen molar-refractivity contribution >= 4 is 34.5 Å². The summed E-state index contributed by atoms with van der Waals surface area (Å²) in [7, 11) is 3.64. The van der Waals surface area contributed by atoms with Crippen LogP contribution in [0.25, 0.3) is 22.2 Å². The molecule has 1 atom stereocenters. The number of nitrogens with zero attached hydrogens (tertiary/aromatic N) is 7. The molecule has 1 aliphatic rings. The number of nitrogens with one attached hydrogen (secondary N) is 2. The first-order chi connectivity index (χ1) is 20.7. The molecule has 0 saturated carbocycles. The summed E-state index contributed by atoms with van der Waals surface area (Å²) in [6.07, 6.45) is 9.44. The van der Waals surface area contributed by atoms with Crippen LogP contribution in [0.15, 0.2) is 55.2 Å². The van der Waals surface area contributed by atoms with Crippen LogP contribution in [0.3, 0.4) is 0 Å². The van der Waals surface area contributed by atoms with Crippen LogP contribution in [-0.4, -0.2) is 81.4 Å². The van der Waals surface area contributed by atoms with Gasteiger partial charge in [0.05, 0.1) is 16.8 Å². The van der Waals surface area contributed by atoms with Gasteiger partial charge in [0.2, 0.25) is 11.9 Å². The maximum atomic E-state index is 12.5. The van der Waals surface area contributed by atoms with Crippen molar-refractivity contribution in [3.63, 3.8) is 0 Å². The van der Waals surface area contributed by atoms with Crippen molar-refractivity contribution in [2.45, 2.75) is 51.5 Å². The number of amides is 2. The Morgan fingerprint density at radius 2 is 1.81 bits per heavy atom. The van der Waals surface area contributed by atoms with Crippen molar-refractivity contribution in [2.75, 3.05) is 43.9 Å². The van der Waals surface area contributed by atoms with Crippen LogP contribution in [0.2, 0.25) is 0 Å². The van der Waals surface area contributed by atoms with Gasteiger partial charge in [-0.3, -0.25) is 14.6 Å². The Balaban J connectivity index is 1.30. The van der Waals surface area contributed by atoms with Crippen LogP contribution in [0.1, 0.15) is 56.0 Å². The lowest BCUT2D eigenvalue weighted by Crippen LogP contribution is -2.45. The van der Waals surface area contributed by atoms with Gasteiger partial charge in [0.25, 0.3) is 5.91 Å². The minimum Gasteiger partial charge on any atom is -0.369 e. The van der Waals surface area contributed by atoms with Gasteiger partial charge in [0, 0.05) is 87.7 Å². The van der Waals surface area contributed by atoms with E-state index in [1.807, 2.05) is 30.1 Å². The van der Waals surface area contributed by atoms with Crippen LogP contribution in [-0.2, 0) is 10.2 Å². The number of rotatable bonds is 9. The highest BCUT2D eigenvalue weighted by molar-refractivity contribution is 6.06. The molecule has 11 heteroatoms. The first kappa shape index (κ1) is 29.8. The Bertz CT molecular complexity index is 1600. The molecule has 224 valence electrons. The number of fused-ring (bicyclic) bond motifs is 1. The molecule has 0 spiro atoms. The molecular formula is C32H39N9O2. The predicted molar refractivity (Wildman–Crippen MR) is 168 cm³/mol. The lowest BCUT2D eigenvalue weighted by atomic mass is 9.78. The minimum absolute atomic E-state index is 0.127. The van der Waals surface area contributed by atoms with E-state index in [9.17, 15) is 9.59 Å². The Hall–Kier alpha value is -4.67. The van der Waals surface area contributed by atoms with E-state index in [0.29, 0.717) is 23.9 Å². The quantitative estimate of drug-likeness (QED) is 0.301. The highest BCUT2D eigenvalue weighted by atomic mass is 16.2. The third-order valence-electron chi connectivity index (χ3n) is 8.71. The Morgan fingerprint density at radius 3 is 2.49 bits per heavy atom. The fourth-order valence-electron chi connectivity index (χ4n) is 5.67. The van der Waals surface area contributed by atoms with Gasteiger partial charge in [0.15, 0.2) is 0 Å². The van der Waals surface area contributed by atoms with Crippen molar-refractivity contribution < 1.29 is 9.59 Å². The second-order valence-electron chi connectivity index (χ2n) is 11.3. The lowest BCUT2D eigenvalue weighted by Gasteiger charge is -2.36. The van der Waals surface area contributed by atoms with Crippen molar-refractivity contribution in [1.29, 1.82) is 0 Å². The molecular weight excluding hydrogens is 542 g/mol. The normalized spacial score (nSPS) is 15.1. The maximum Gasteiger partial charge on any atom is 0.251 e. The molecule has 5 rings (SSSR count). The summed E-state index contributed by atoms with van der Waals surface area (Å²) in [5.74, 6) is 1.34. The summed E-state index contributed by atoms with van der Waals surface area (Å²) >= 11 is 0. The van der Waals surface area contributed by atoms with Crippen molar-refractivity contribution in [3.05, 3.63) is 66.4 Å². The van der Waals surface area contributed by atoms with Gasteiger partial charge < -0.3 is 20.4 Å². The molecule has 43 heavy (non-hydrogen) atoms. The summed E-state index contributed by atoms with van der Waals surface area (Å²) in [6.45, 7) is 8.08. The number of carbonyl (C=O) groups excluding carboxylic acids is 2. The molecule has 0 radical (unpaired) electrons. The number of hydrogen-bond donors (Lipinski definition) is 2. The first-order valence-electron chi connectivity index (χ1n) is 14.7. The molecule has 11 nitrogen and oxygen atoms in total. The highest BCUT2D eigenvalue weighted by Gasteiger charge is 2.28. The first-order valence-corrected chi connectivity index (χ1v) is 14.7. The molecule has 0 bridgehead atoms. The zero-order chi connectivity index (χ0) is 30.6. The van der Waals surface area contributed by atoms with Gasteiger partial charge in [-0.15, -0.1) is 0 Å². The summed E-state index contributed by atoms with van der Waals surface area (Å²) in [6, 6.07) is 9.96. The van der Waals surface area contributed by atoms with E-state index in [1.165, 1.54) is 0 Å². The van der Waals surface area contributed by atoms with Crippen LogP contribution in [0.4, 0.5) is 11.8 Å². The maximum absolute atomic E-state index is 12.5. The van der Waals surface area contributed by atoms with Crippen molar-refractivity contribution in [1.82, 2.24) is 35.1 Å². The number of hydrogen-bond acceptors (Lipinski definition) is 9. The Kier molecular flexibility index (Phi) is 8.79. The van der Waals surface area contributed by atoms with E-state index in [-0.39, 0.29) is 23.3 Å². The molecule has 0 aliphatic carbocycles. The zero-order valence-electron chi connectivity index (χ0n) is 25.5. The molecule has 2 N–H and O–H groups in total. The summed E-state index contributed by atoms with van der Waals surface area (Å²) in [5.41, 5.74) is 3.74. The van der Waals surface area contributed by atoms with E-state index < -0.39 is 0 Å². The molecule has 0 unspecified atom stereocenters. The number of carbonyl (C=O) groups is 2. The fourth-order valence-corrected chi connectivity index (χ4v) is 5.67. The predicted octanol–water partition coefficient (Wildman–Crippen LogP) is 4.07. The van der Waals surface area contributed by atoms with Gasteiger partial charge in [-0.2, -0.15) is 0 Å². The number of likely N-dealkylation sites (tertiary alicyclic amines) is 1. The molecule has 3 aromatic heterocycles. The summed E-state index contributed by atoms with van der Waals surface area (Å²) in [5, 5.41) is 7.06. The highest BCUT2D eigenvalue weighted by Crippen LogP contribution is 2.34. The lowest BCUT2D eigenvalue weighted by molar-refractivity contribution is -0.129. The summed E-state index contributed by atoms with van der Waals surface area (Å²) < 4.78 is 0. The number of para-hydroxylation sites is 1. The zero-order valence-corrected chi connectivity index (χ0v) is 25.5. The largest absolute Gasteiger partial charge is 0.369 e. The van der Waals surface area contributed by atoms with Gasteiger partial charge in [-0.25, -0.2) is 19.9 Å². The Labute approximate surface area is 252 Å². The van der Waals surface area contributed by atoms with Crippen LogP contribution in [0.5, 0.6) is 0 Å². The minimum atomic E-state index is -0.283. The van der Waals surface area contributed by atoms with E-state index in [1.54, 1.807) is 45.0 Å². The molecule has 4 aromatic rings. The number of aromatic nitrogens is 5. The molecule has 1 fully saturated rings. The molecule has 4 heterocycles. The van der Waals surface area contributed by atoms with Gasteiger partial charge >= 0.3 is 0 Å². The van der Waals surface area contributed by atoms with Crippen molar-refractivity contribution in [2.24, 2.45) is 0 Å². The SMILES string of the molecule is CC[C@@](C)(CNc1cc(-c2cnc(N(C)C3CCN(C(C)=O)CC3)nc2)ncn1)c1cccc2c(C(=O)NC)ccnc12. The van der Waals surface area contributed by atoms with Crippen LogP contribution < -0.4 is 15.5 Å². The van der Waals surface area contributed by atoms with Crippen LogP contribution >= 0.6 is 0 Å². The second kappa shape index (κ2) is 12.7. The van der Waals surface area contributed by atoms with E-state index in [2.05, 4.69) is 60.4 Å². The molecule has 1 saturated heterocycles. The number of benzene rings is 1. The second-order valence-corrected chi connectivity index (χ2v) is 11.3. The van der Waals surface area contributed by atoms with Gasteiger partial charge in [0.1, 0.15) is 12.1 Å². The number of pyridine rings is 1. The number of piperidine rings is 1. The average molecular weight is 582 g/mol. The van der Waals surface area contributed by atoms with E-state index in [4.69, 9.17) is 0 Å². The van der Waals surface area contributed by atoms with Gasteiger partial charge in [-0.05, 0) is 30.9 Å². The van der Waals surface area contributed by atoms with Crippen LogP contribution in [0, 0.1) is 0 Å². The smallest absolute Gasteiger partial charge is 0.251 e. The van der Waals surface area contributed by atoms with E-state index in [0.717, 1.165) is 60.1 Å². The number of anilines is 2.